The molecule has 0 aliphatic rings. The number of aromatic nitrogens is 1. The number of hydrogen-bond donors (Lipinski definition) is 1. The molecule has 0 fully saturated rings. The SMILES string of the molecule is COc1cccnc1C(N)Cc1cccc(F)c1. The van der Waals surface area contributed by atoms with Crippen molar-refractivity contribution in [3.63, 3.8) is 0 Å². The van der Waals surface area contributed by atoms with Gasteiger partial charge in [-0.15, -0.1) is 0 Å². The second-order valence-electron chi connectivity index (χ2n) is 4.03. The fourth-order valence-electron chi connectivity index (χ4n) is 1.87. The number of rotatable bonds is 4. The van der Waals surface area contributed by atoms with Crippen LogP contribution in [-0.4, -0.2) is 12.1 Å². The maximum atomic E-state index is 13.1. The van der Waals surface area contributed by atoms with E-state index in [-0.39, 0.29) is 11.9 Å². The molecule has 0 amide bonds. The monoisotopic (exact) mass is 246 g/mol. The lowest BCUT2D eigenvalue weighted by molar-refractivity contribution is 0.401. The maximum absolute atomic E-state index is 13.1. The molecule has 0 aliphatic heterocycles. The van der Waals surface area contributed by atoms with E-state index in [1.807, 2.05) is 12.1 Å². The summed E-state index contributed by atoms with van der Waals surface area (Å²) in [5, 5.41) is 0. The van der Waals surface area contributed by atoms with Crippen molar-refractivity contribution in [1.82, 2.24) is 4.98 Å². The Bertz CT molecular complexity index is 531. The summed E-state index contributed by atoms with van der Waals surface area (Å²) in [6, 6.07) is 9.70. The lowest BCUT2D eigenvalue weighted by Gasteiger charge is -2.14. The van der Waals surface area contributed by atoms with Crippen molar-refractivity contribution < 1.29 is 9.13 Å². The number of nitrogens with two attached hydrogens (primary N) is 1. The van der Waals surface area contributed by atoms with Crippen LogP contribution < -0.4 is 10.5 Å². The van der Waals surface area contributed by atoms with Crippen LogP contribution in [0.1, 0.15) is 17.3 Å². The minimum Gasteiger partial charge on any atom is -0.495 e. The molecule has 0 saturated heterocycles. The van der Waals surface area contributed by atoms with Crippen molar-refractivity contribution in [2.75, 3.05) is 7.11 Å². The molecule has 1 heterocycles. The molecule has 0 aliphatic carbocycles. The number of hydrogen-bond acceptors (Lipinski definition) is 3. The topological polar surface area (TPSA) is 48.1 Å². The fraction of sp³-hybridized carbons (Fsp3) is 0.214. The quantitative estimate of drug-likeness (QED) is 0.901. The molecule has 0 spiro atoms. The fourth-order valence-corrected chi connectivity index (χ4v) is 1.87. The molecular weight excluding hydrogens is 231 g/mol. The third kappa shape index (κ3) is 2.84. The van der Waals surface area contributed by atoms with Gasteiger partial charge in [-0.1, -0.05) is 12.1 Å². The molecule has 94 valence electrons. The first-order chi connectivity index (χ1) is 8.70. The molecular formula is C14H15FN2O. The average Bonchev–Trinajstić information content (AvgIpc) is 2.38. The van der Waals surface area contributed by atoms with Crippen LogP contribution in [0.3, 0.4) is 0 Å². The largest absolute Gasteiger partial charge is 0.495 e. The van der Waals surface area contributed by atoms with Crippen molar-refractivity contribution in [1.29, 1.82) is 0 Å². The Balaban J connectivity index is 2.19. The van der Waals surface area contributed by atoms with E-state index < -0.39 is 0 Å². The summed E-state index contributed by atoms with van der Waals surface area (Å²) in [5.41, 5.74) is 7.62. The van der Waals surface area contributed by atoms with E-state index in [0.717, 1.165) is 5.56 Å². The van der Waals surface area contributed by atoms with Gasteiger partial charge in [-0.3, -0.25) is 4.98 Å². The molecule has 1 aromatic carbocycles. The maximum Gasteiger partial charge on any atom is 0.141 e. The highest BCUT2D eigenvalue weighted by atomic mass is 19.1. The normalized spacial score (nSPS) is 12.2. The lowest BCUT2D eigenvalue weighted by Crippen LogP contribution is -2.16. The van der Waals surface area contributed by atoms with Gasteiger partial charge in [0.1, 0.15) is 11.6 Å². The first-order valence-electron chi connectivity index (χ1n) is 5.69. The molecule has 1 unspecified atom stereocenters. The average molecular weight is 246 g/mol. The predicted octanol–water partition coefficient (Wildman–Crippen LogP) is 2.47. The molecule has 2 rings (SSSR count). The van der Waals surface area contributed by atoms with E-state index >= 15 is 0 Å². The van der Waals surface area contributed by atoms with Gasteiger partial charge in [0.15, 0.2) is 0 Å². The molecule has 2 aromatic rings. The Morgan fingerprint density at radius 1 is 1.33 bits per heavy atom. The van der Waals surface area contributed by atoms with E-state index in [2.05, 4.69) is 4.98 Å². The van der Waals surface area contributed by atoms with Gasteiger partial charge in [0.25, 0.3) is 0 Å². The lowest BCUT2D eigenvalue weighted by atomic mass is 10.0. The summed E-state index contributed by atoms with van der Waals surface area (Å²) in [6.45, 7) is 0. The van der Waals surface area contributed by atoms with Gasteiger partial charge in [-0.2, -0.15) is 0 Å². The standard InChI is InChI=1S/C14H15FN2O/c1-18-13-6-3-7-17-14(13)12(16)9-10-4-2-5-11(15)8-10/h2-8,12H,9,16H2,1H3. The molecule has 1 atom stereocenters. The zero-order valence-electron chi connectivity index (χ0n) is 10.1. The number of nitrogens with zero attached hydrogens (tertiary/aromatic N) is 1. The van der Waals surface area contributed by atoms with Crippen LogP contribution in [0.15, 0.2) is 42.6 Å². The van der Waals surface area contributed by atoms with Crippen molar-refractivity contribution in [3.8, 4) is 5.75 Å². The van der Waals surface area contributed by atoms with Crippen LogP contribution in [0.5, 0.6) is 5.75 Å². The zero-order chi connectivity index (χ0) is 13.0. The van der Waals surface area contributed by atoms with Gasteiger partial charge >= 0.3 is 0 Å². The summed E-state index contributed by atoms with van der Waals surface area (Å²) < 4.78 is 18.3. The first kappa shape index (κ1) is 12.5. The second kappa shape index (κ2) is 5.60. The summed E-state index contributed by atoms with van der Waals surface area (Å²) in [5.74, 6) is 0.397. The molecule has 18 heavy (non-hydrogen) atoms. The molecule has 2 N–H and O–H groups in total. The van der Waals surface area contributed by atoms with E-state index in [0.29, 0.717) is 17.9 Å². The summed E-state index contributed by atoms with van der Waals surface area (Å²) in [4.78, 5) is 4.22. The summed E-state index contributed by atoms with van der Waals surface area (Å²) >= 11 is 0. The van der Waals surface area contributed by atoms with Gasteiger partial charge < -0.3 is 10.5 Å². The van der Waals surface area contributed by atoms with E-state index in [1.54, 1.807) is 25.4 Å². The number of methoxy groups -OCH3 is 1. The van der Waals surface area contributed by atoms with Gasteiger partial charge in [0.2, 0.25) is 0 Å². The Labute approximate surface area is 105 Å². The molecule has 0 bridgehead atoms. The predicted molar refractivity (Wildman–Crippen MR) is 67.8 cm³/mol. The number of ether oxygens (including phenoxy) is 1. The molecule has 0 radical (unpaired) electrons. The van der Waals surface area contributed by atoms with Crippen LogP contribution >= 0.6 is 0 Å². The smallest absolute Gasteiger partial charge is 0.141 e. The Morgan fingerprint density at radius 3 is 2.89 bits per heavy atom. The van der Waals surface area contributed by atoms with Crippen LogP contribution in [0.4, 0.5) is 4.39 Å². The van der Waals surface area contributed by atoms with Crippen molar-refractivity contribution in [2.24, 2.45) is 5.73 Å². The van der Waals surface area contributed by atoms with Gasteiger partial charge in [0, 0.05) is 6.20 Å². The van der Waals surface area contributed by atoms with Crippen LogP contribution in [0, 0.1) is 5.82 Å². The number of halogens is 1. The Kier molecular flexibility index (Phi) is 3.89. The highest BCUT2D eigenvalue weighted by Gasteiger charge is 2.13. The van der Waals surface area contributed by atoms with E-state index in [4.69, 9.17) is 10.5 Å². The van der Waals surface area contributed by atoms with Crippen LogP contribution in [-0.2, 0) is 6.42 Å². The highest BCUT2D eigenvalue weighted by Crippen LogP contribution is 2.23. The Hall–Kier alpha value is -1.94. The first-order valence-corrected chi connectivity index (χ1v) is 5.69. The van der Waals surface area contributed by atoms with E-state index in [9.17, 15) is 4.39 Å². The third-order valence-electron chi connectivity index (χ3n) is 2.72. The van der Waals surface area contributed by atoms with Gasteiger partial charge in [0.05, 0.1) is 18.8 Å². The molecule has 1 aromatic heterocycles. The Morgan fingerprint density at radius 2 is 2.17 bits per heavy atom. The van der Waals surface area contributed by atoms with Gasteiger partial charge in [-0.25, -0.2) is 4.39 Å². The highest BCUT2D eigenvalue weighted by molar-refractivity contribution is 5.31. The van der Waals surface area contributed by atoms with Crippen molar-refractivity contribution in [2.45, 2.75) is 12.5 Å². The third-order valence-corrected chi connectivity index (χ3v) is 2.72. The zero-order valence-corrected chi connectivity index (χ0v) is 10.1. The van der Waals surface area contributed by atoms with E-state index in [1.165, 1.54) is 12.1 Å². The van der Waals surface area contributed by atoms with Crippen LogP contribution in [0.25, 0.3) is 0 Å². The van der Waals surface area contributed by atoms with Crippen molar-refractivity contribution in [3.05, 3.63) is 59.7 Å². The summed E-state index contributed by atoms with van der Waals surface area (Å²) in [6.07, 6.45) is 2.19. The number of benzene rings is 1. The molecule has 4 heteroatoms. The molecule has 3 nitrogen and oxygen atoms in total. The minimum atomic E-state index is -0.317. The van der Waals surface area contributed by atoms with Gasteiger partial charge in [-0.05, 0) is 36.2 Å². The van der Waals surface area contributed by atoms with Crippen LogP contribution in [0.2, 0.25) is 0 Å². The second-order valence-corrected chi connectivity index (χ2v) is 4.03. The van der Waals surface area contributed by atoms with Crippen molar-refractivity contribution >= 4 is 0 Å². The number of pyridine rings is 1. The molecule has 0 saturated carbocycles. The minimum absolute atomic E-state index is 0.257. The summed E-state index contributed by atoms with van der Waals surface area (Å²) in [7, 11) is 1.58.